The highest BCUT2D eigenvalue weighted by molar-refractivity contribution is 7.37. The Morgan fingerprint density at radius 3 is 2.59 bits per heavy atom. The minimum Gasteiger partial charge on any atom is -0.461 e. The average Bonchev–Trinajstić information content (AvgIpc) is 2.58. The third-order valence-corrected chi connectivity index (χ3v) is 5.84. The number of carbonyl (C=O) groups excluding carboxylic acids is 1. The van der Waals surface area contributed by atoms with E-state index >= 15 is 0 Å². The average molecular weight is 256 g/mol. The van der Waals surface area contributed by atoms with Crippen LogP contribution in [0.1, 0.15) is 52.4 Å². The van der Waals surface area contributed by atoms with Gasteiger partial charge in [0.1, 0.15) is 6.10 Å². The molecule has 0 radical (unpaired) electrons. The third kappa shape index (κ3) is 2.52. The van der Waals surface area contributed by atoms with E-state index in [1.54, 1.807) is 0 Å². The van der Waals surface area contributed by atoms with Crippen LogP contribution < -0.4 is 0 Å². The van der Waals surface area contributed by atoms with Gasteiger partial charge in [0, 0.05) is 11.8 Å². The van der Waals surface area contributed by atoms with Crippen molar-refractivity contribution in [2.45, 2.75) is 58.5 Å². The standard InChI is InChI=1S/C14H25O2P/c1-13(2,10-17-3)11-9-14(12(15)16-11)7-5-4-6-8-14/h11,17H,4-10H2,1-3H3. The summed E-state index contributed by atoms with van der Waals surface area (Å²) in [6.45, 7) is 6.74. The molecule has 1 heterocycles. The van der Waals surface area contributed by atoms with Gasteiger partial charge >= 0.3 is 5.97 Å². The Kier molecular flexibility index (Phi) is 3.83. The van der Waals surface area contributed by atoms with E-state index in [0.29, 0.717) is 0 Å². The minimum atomic E-state index is -0.100. The summed E-state index contributed by atoms with van der Waals surface area (Å²) in [4.78, 5) is 12.2. The molecule has 2 atom stereocenters. The van der Waals surface area contributed by atoms with Gasteiger partial charge in [-0.05, 0) is 25.7 Å². The summed E-state index contributed by atoms with van der Waals surface area (Å²) < 4.78 is 5.74. The Morgan fingerprint density at radius 1 is 1.35 bits per heavy atom. The van der Waals surface area contributed by atoms with Gasteiger partial charge in [-0.15, -0.1) is 8.58 Å². The summed E-state index contributed by atoms with van der Waals surface area (Å²) in [6.07, 6.45) is 8.12. The topological polar surface area (TPSA) is 26.3 Å². The van der Waals surface area contributed by atoms with Crippen molar-refractivity contribution in [3.8, 4) is 0 Å². The van der Waals surface area contributed by atoms with E-state index in [1.807, 2.05) is 0 Å². The molecule has 2 unspecified atom stereocenters. The first kappa shape index (κ1) is 13.3. The van der Waals surface area contributed by atoms with Crippen LogP contribution in [0.4, 0.5) is 0 Å². The first-order chi connectivity index (χ1) is 8.00. The highest BCUT2D eigenvalue weighted by atomic mass is 31.1. The molecule has 2 nitrogen and oxygen atoms in total. The van der Waals surface area contributed by atoms with Crippen molar-refractivity contribution in [2.24, 2.45) is 10.8 Å². The van der Waals surface area contributed by atoms with Gasteiger partial charge in [0.25, 0.3) is 0 Å². The van der Waals surface area contributed by atoms with Crippen LogP contribution in [0, 0.1) is 10.8 Å². The van der Waals surface area contributed by atoms with E-state index in [-0.39, 0.29) is 22.9 Å². The first-order valence-corrected chi connectivity index (χ1v) is 8.57. The molecule has 0 aromatic carbocycles. The van der Waals surface area contributed by atoms with Crippen LogP contribution >= 0.6 is 8.58 Å². The number of hydrogen-bond donors (Lipinski definition) is 0. The van der Waals surface area contributed by atoms with E-state index in [1.165, 1.54) is 25.4 Å². The zero-order chi connectivity index (χ0) is 12.5. The van der Waals surface area contributed by atoms with Gasteiger partial charge in [0.2, 0.25) is 0 Å². The lowest BCUT2D eigenvalue weighted by atomic mass is 9.70. The van der Waals surface area contributed by atoms with E-state index in [0.717, 1.165) is 27.8 Å². The lowest BCUT2D eigenvalue weighted by molar-refractivity contribution is -0.152. The molecule has 0 bridgehead atoms. The lowest BCUT2D eigenvalue weighted by Gasteiger charge is -2.32. The maximum Gasteiger partial charge on any atom is 0.312 e. The second kappa shape index (κ2) is 4.88. The smallest absolute Gasteiger partial charge is 0.312 e. The zero-order valence-corrected chi connectivity index (χ0v) is 12.3. The first-order valence-electron chi connectivity index (χ1n) is 6.86. The molecular formula is C14H25O2P. The zero-order valence-electron chi connectivity index (χ0n) is 11.3. The van der Waals surface area contributed by atoms with Crippen LogP contribution in [-0.2, 0) is 9.53 Å². The van der Waals surface area contributed by atoms with E-state index < -0.39 is 0 Å². The Balaban J connectivity index is 2.08. The molecule has 2 aliphatic rings. The van der Waals surface area contributed by atoms with Crippen LogP contribution in [0.15, 0.2) is 0 Å². The highest BCUT2D eigenvalue weighted by Gasteiger charge is 2.52. The van der Waals surface area contributed by atoms with Crippen molar-refractivity contribution < 1.29 is 9.53 Å². The molecule has 0 aromatic rings. The summed E-state index contributed by atoms with van der Waals surface area (Å²) >= 11 is 0. The van der Waals surface area contributed by atoms with Gasteiger partial charge < -0.3 is 4.74 Å². The predicted octanol–water partition coefficient (Wildman–Crippen LogP) is 3.59. The molecule has 17 heavy (non-hydrogen) atoms. The highest BCUT2D eigenvalue weighted by Crippen LogP contribution is 2.50. The largest absolute Gasteiger partial charge is 0.461 e. The fraction of sp³-hybridized carbons (Fsp3) is 0.929. The van der Waals surface area contributed by atoms with E-state index in [4.69, 9.17) is 4.74 Å². The van der Waals surface area contributed by atoms with Crippen LogP contribution in [-0.4, -0.2) is 24.9 Å². The molecule has 1 aliphatic heterocycles. The molecule has 2 rings (SSSR count). The van der Waals surface area contributed by atoms with Crippen LogP contribution in [0.5, 0.6) is 0 Å². The minimum absolute atomic E-state index is 0.100. The second-order valence-electron chi connectivity index (χ2n) is 6.46. The number of rotatable bonds is 3. The SMILES string of the molecule is CPCC(C)(C)C1CC2(CCCCC2)C(=O)O1. The molecule has 0 amide bonds. The maximum absolute atomic E-state index is 12.2. The number of hydrogen-bond acceptors (Lipinski definition) is 2. The molecule has 1 saturated carbocycles. The van der Waals surface area contributed by atoms with Gasteiger partial charge in [-0.2, -0.15) is 0 Å². The van der Waals surface area contributed by atoms with Crippen LogP contribution in [0.25, 0.3) is 0 Å². The van der Waals surface area contributed by atoms with E-state index in [9.17, 15) is 4.79 Å². The normalized spacial score (nSPS) is 29.1. The molecular weight excluding hydrogens is 231 g/mol. The van der Waals surface area contributed by atoms with Crippen molar-refractivity contribution in [3.05, 3.63) is 0 Å². The Hall–Kier alpha value is -0.100. The van der Waals surface area contributed by atoms with Crippen molar-refractivity contribution in [1.82, 2.24) is 0 Å². The summed E-state index contributed by atoms with van der Waals surface area (Å²) in [5, 5.41) is 0. The van der Waals surface area contributed by atoms with Crippen molar-refractivity contribution in [1.29, 1.82) is 0 Å². The van der Waals surface area contributed by atoms with Gasteiger partial charge in [-0.3, -0.25) is 4.79 Å². The molecule has 1 aliphatic carbocycles. The number of cyclic esters (lactones) is 1. The molecule has 3 heteroatoms. The number of esters is 1. The van der Waals surface area contributed by atoms with Crippen molar-refractivity contribution in [3.63, 3.8) is 0 Å². The summed E-state index contributed by atoms with van der Waals surface area (Å²) in [5.41, 5.74) is 0.0564. The fourth-order valence-corrected chi connectivity index (χ4v) is 4.52. The molecule has 1 saturated heterocycles. The summed E-state index contributed by atoms with van der Waals surface area (Å²) in [7, 11) is 0.934. The molecule has 2 fully saturated rings. The number of ether oxygens (including phenoxy) is 1. The van der Waals surface area contributed by atoms with Gasteiger partial charge in [-0.1, -0.05) is 33.1 Å². The quantitative estimate of drug-likeness (QED) is 0.570. The Bertz CT molecular complexity index is 293. The van der Waals surface area contributed by atoms with Gasteiger partial charge in [0.15, 0.2) is 0 Å². The van der Waals surface area contributed by atoms with Crippen molar-refractivity contribution >= 4 is 14.6 Å². The van der Waals surface area contributed by atoms with E-state index in [2.05, 4.69) is 20.5 Å². The van der Waals surface area contributed by atoms with Gasteiger partial charge in [0.05, 0.1) is 5.41 Å². The summed E-state index contributed by atoms with van der Waals surface area (Å²) in [5.74, 6) is 0.106. The number of carbonyl (C=O) groups is 1. The summed E-state index contributed by atoms with van der Waals surface area (Å²) in [6, 6.07) is 0. The second-order valence-corrected chi connectivity index (χ2v) is 7.52. The fourth-order valence-electron chi connectivity index (χ4n) is 3.38. The molecule has 0 aromatic heterocycles. The third-order valence-electron chi connectivity index (χ3n) is 4.57. The predicted molar refractivity (Wildman–Crippen MR) is 72.9 cm³/mol. The molecule has 1 spiro atoms. The molecule has 98 valence electrons. The monoisotopic (exact) mass is 256 g/mol. The van der Waals surface area contributed by atoms with Gasteiger partial charge in [-0.25, -0.2) is 0 Å². The Morgan fingerprint density at radius 2 is 2.00 bits per heavy atom. The van der Waals surface area contributed by atoms with Crippen LogP contribution in [0.2, 0.25) is 0 Å². The Labute approximate surface area is 107 Å². The molecule has 0 N–H and O–H groups in total. The van der Waals surface area contributed by atoms with Crippen LogP contribution in [0.3, 0.4) is 0 Å². The maximum atomic E-state index is 12.2. The van der Waals surface area contributed by atoms with Crippen molar-refractivity contribution in [2.75, 3.05) is 12.8 Å². The lowest BCUT2D eigenvalue weighted by Crippen LogP contribution is -2.32.